The second kappa shape index (κ2) is 10.9. The molecule has 1 aliphatic heterocycles. The Morgan fingerprint density at radius 1 is 0.838 bits per heavy atom. The van der Waals surface area contributed by atoms with E-state index in [4.69, 9.17) is 9.47 Å². The molecular weight excluding hydrogens is 481 g/mol. The molecule has 3 aromatic rings. The van der Waals surface area contributed by atoms with Crippen molar-refractivity contribution in [2.45, 2.75) is 39.0 Å². The van der Waals surface area contributed by atoms with Gasteiger partial charge >= 0.3 is 12.1 Å². The summed E-state index contributed by atoms with van der Waals surface area (Å²) in [5.74, 6) is -1.10. The van der Waals surface area contributed by atoms with Gasteiger partial charge in [-0.05, 0) is 42.7 Å². The molecular formula is C30H25F3O4. The van der Waals surface area contributed by atoms with E-state index < -0.39 is 23.6 Å². The first-order chi connectivity index (χ1) is 17.6. The first-order valence-corrected chi connectivity index (χ1v) is 11.7. The fourth-order valence-corrected chi connectivity index (χ4v) is 4.37. The highest BCUT2D eigenvalue weighted by Crippen LogP contribution is 2.42. The Labute approximate surface area is 213 Å². The van der Waals surface area contributed by atoms with Crippen LogP contribution in [0, 0.1) is 0 Å². The molecule has 0 spiro atoms. The molecule has 0 N–H and O–H groups in total. The number of halogens is 3. The number of ketones is 1. The van der Waals surface area contributed by atoms with Gasteiger partial charge in [0.2, 0.25) is 0 Å². The number of carbonyl (C=O) groups excluding carboxylic acids is 2. The van der Waals surface area contributed by atoms with Crippen molar-refractivity contribution in [3.63, 3.8) is 0 Å². The lowest BCUT2D eigenvalue weighted by Gasteiger charge is -2.30. The fraction of sp³-hybridized carbons (Fsp3) is 0.200. The van der Waals surface area contributed by atoms with Gasteiger partial charge in [0.1, 0.15) is 18.1 Å². The molecule has 1 aliphatic rings. The molecule has 4 nitrogen and oxygen atoms in total. The van der Waals surface area contributed by atoms with Crippen molar-refractivity contribution in [2.24, 2.45) is 0 Å². The van der Waals surface area contributed by atoms with Crippen LogP contribution in [-0.4, -0.2) is 11.8 Å². The van der Waals surface area contributed by atoms with Crippen molar-refractivity contribution in [3.05, 3.63) is 130 Å². The normalized spacial score (nSPS) is 15.9. The van der Waals surface area contributed by atoms with Gasteiger partial charge in [-0.3, -0.25) is 4.79 Å². The predicted octanol–water partition coefficient (Wildman–Crippen LogP) is 6.92. The molecule has 0 fully saturated rings. The van der Waals surface area contributed by atoms with Crippen LogP contribution < -0.4 is 0 Å². The van der Waals surface area contributed by atoms with Crippen LogP contribution >= 0.6 is 0 Å². The number of hydrogen-bond donors (Lipinski definition) is 0. The standard InChI is InChI=1S/C30H25F3O4/c1-19(34)26-25(17-21-13-15-24(16-14-21)30(31,32)33)37-20(2)27(28(26)23-11-7-4-8-12-23)29(35)36-18-22-9-5-3-6-10-22/h3-16,28H,17-18H2,1-2H3. The predicted molar refractivity (Wildman–Crippen MR) is 132 cm³/mol. The molecule has 0 radical (unpaired) electrons. The zero-order valence-corrected chi connectivity index (χ0v) is 20.3. The topological polar surface area (TPSA) is 52.6 Å². The molecule has 0 saturated heterocycles. The Morgan fingerprint density at radius 2 is 1.43 bits per heavy atom. The summed E-state index contributed by atoms with van der Waals surface area (Å²) in [7, 11) is 0. The fourth-order valence-electron chi connectivity index (χ4n) is 4.37. The lowest BCUT2D eigenvalue weighted by Crippen LogP contribution is -2.27. The van der Waals surface area contributed by atoms with E-state index >= 15 is 0 Å². The molecule has 37 heavy (non-hydrogen) atoms. The first kappa shape index (κ1) is 25.9. The minimum atomic E-state index is -4.45. The molecule has 0 bridgehead atoms. The van der Waals surface area contributed by atoms with Crippen LogP contribution in [0.1, 0.15) is 42.0 Å². The molecule has 7 heteroatoms. The van der Waals surface area contributed by atoms with E-state index in [0.717, 1.165) is 17.7 Å². The van der Waals surface area contributed by atoms with Gasteiger partial charge in [-0.25, -0.2) is 4.79 Å². The molecule has 1 unspecified atom stereocenters. The molecule has 0 aliphatic carbocycles. The Morgan fingerprint density at radius 3 is 2.00 bits per heavy atom. The summed E-state index contributed by atoms with van der Waals surface area (Å²) in [5.41, 5.74) is 1.77. The number of benzene rings is 3. The van der Waals surface area contributed by atoms with Crippen molar-refractivity contribution in [1.82, 2.24) is 0 Å². The largest absolute Gasteiger partial charge is 0.465 e. The van der Waals surface area contributed by atoms with Crippen LogP contribution in [0.4, 0.5) is 13.2 Å². The van der Waals surface area contributed by atoms with Gasteiger partial charge in [0.05, 0.1) is 17.1 Å². The van der Waals surface area contributed by atoms with Crippen molar-refractivity contribution < 1.29 is 32.2 Å². The number of hydrogen-bond acceptors (Lipinski definition) is 4. The summed E-state index contributed by atoms with van der Waals surface area (Å²) in [5, 5.41) is 0. The third-order valence-electron chi connectivity index (χ3n) is 6.12. The van der Waals surface area contributed by atoms with Gasteiger partial charge in [-0.1, -0.05) is 72.8 Å². The highest BCUT2D eigenvalue weighted by Gasteiger charge is 2.38. The van der Waals surface area contributed by atoms with Crippen LogP contribution in [0.5, 0.6) is 0 Å². The van der Waals surface area contributed by atoms with Crippen molar-refractivity contribution in [3.8, 4) is 0 Å². The minimum Gasteiger partial charge on any atom is -0.465 e. The van der Waals surface area contributed by atoms with Crippen molar-refractivity contribution in [1.29, 1.82) is 0 Å². The zero-order chi connectivity index (χ0) is 26.6. The quantitative estimate of drug-likeness (QED) is 0.327. The number of esters is 1. The maximum atomic E-state index is 13.3. The SMILES string of the molecule is CC(=O)C1=C(Cc2ccc(C(F)(F)F)cc2)OC(C)=C(C(=O)OCc2ccccc2)C1c1ccccc1. The van der Waals surface area contributed by atoms with Crippen LogP contribution in [0.2, 0.25) is 0 Å². The second-order valence-corrected chi connectivity index (χ2v) is 8.74. The van der Waals surface area contributed by atoms with Crippen molar-refractivity contribution in [2.75, 3.05) is 0 Å². The lowest BCUT2D eigenvalue weighted by molar-refractivity contribution is -0.141. The number of alkyl halides is 3. The van der Waals surface area contributed by atoms with E-state index in [0.29, 0.717) is 16.9 Å². The lowest BCUT2D eigenvalue weighted by atomic mass is 9.79. The molecule has 4 rings (SSSR count). The summed E-state index contributed by atoms with van der Waals surface area (Å²) in [6, 6.07) is 23.0. The highest BCUT2D eigenvalue weighted by atomic mass is 19.4. The van der Waals surface area contributed by atoms with Crippen LogP contribution in [0.25, 0.3) is 0 Å². The third-order valence-corrected chi connectivity index (χ3v) is 6.12. The smallest absolute Gasteiger partial charge is 0.416 e. The molecule has 0 aromatic heterocycles. The van der Waals surface area contributed by atoms with E-state index in [1.54, 1.807) is 19.1 Å². The number of Topliss-reactive ketones (excluding diaryl/α,β-unsaturated/α-hetero) is 1. The van der Waals surface area contributed by atoms with Crippen LogP contribution in [-0.2, 0) is 38.3 Å². The Hall–Kier alpha value is -4.13. The maximum Gasteiger partial charge on any atom is 0.416 e. The average Bonchev–Trinajstić information content (AvgIpc) is 2.87. The Kier molecular flexibility index (Phi) is 7.62. The molecule has 3 aromatic carbocycles. The van der Waals surface area contributed by atoms with Gasteiger partial charge in [-0.15, -0.1) is 0 Å². The summed E-state index contributed by atoms with van der Waals surface area (Å²) >= 11 is 0. The Balaban J connectivity index is 1.71. The number of ether oxygens (including phenoxy) is 2. The number of rotatable bonds is 7. The van der Waals surface area contributed by atoms with E-state index in [1.165, 1.54) is 19.1 Å². The first-order valence-electron chi connectivity index (χ1n) is 11.7. The number of carbonyl (C=O) groups is 2. The average molecular weight is 507 g/mol. The number of allylic oxidation sites excluding steroid dienone is 3. The van der Waals surface area contributed by atoms with Crippen LogP contribution in [0.15, 0.2) is 108 Å². The third kappa shape index (κ3) is 6.00. The van der Waals surface area contributed by atoms with E-state index in [2.05, 4.69) is 0 Å². The second-order valence-electron chi connectivity index (χ2n) is 8.74. The summed E-state index contributed by atoms with van der Waals surface area (Å²) in [4.78, 5) is 26.3. The van der Waals surface area contributed by atoms with E-state index in [-0.39, 0.29) is 35.7 Å². The molecule has 0 amide bonds. The van der Waals surface area contributed by atoms with E-state index in [1.807, 2.05) is 48.5 Å². The van der Waals surface area contributed by atoms with Gasteiger partial charge in [0.25, 0.3) is 0 Å². The maximum absolute atomic E-state index is 13.3. The summed E-state index contributed by atoms with van der Waals surface area (Å²) in [6.07, 6.45) is -4.36. The molecule has 1 atom stereocenters. The molecule has 190 valence electrons. The summed E-state index contributed by atoms with van der Waals surface area (Å²) < 4.78 is 50.6. The Bertz CT molecular complexity index is 1340. The minimum absolute atomic E-state index is 0.0511. The van der Waals surface area contributed by atoms with Crippen molar-refractivity contribution >= 4 is 11.8 Å². The highest BCUT2D eigenvalue weighted by molar-refractivity contribution is 6.01. The molecule has 0 saturated carbocycles. The van der Waals surface area contributed by atoms with Crippen LogP contribution in [0.3, 0.4) is 0 Å². The monoisotopic (exact) mass is 506 g/mol. The van der Waals surface area contributed by atoms with Gasteiger partial charge < -0.3 is 9.47 Å². The molecule has 1 heterocycles. The summed E-state index contributed by atoms with van der Waals surface area (Å²) in [6.45, 7) is 3.06. The van der Waals surface area contributed by atoms with Gasteiger partial charge in [0, 0.05) is 12.0 Å². The van der Waals surface area contributed by atoms with E-state index in [9.17, 15) is 22.8 Å². The van der Waals surface area contributed by atoms with Gasteiger partial charge in [0.15, 0.2) is 5.78 Å². The zero-order valence-electron chi connectivity index (χ0n) is 20.3. The van der Waals surface area contributed by atoms with Gasteiger partial charge in [-0.2, -0.15) is 13.2 Å².